The molecule has 0 aliphatic carbocycles. The Morgan fingerprint density at radius 3 is 2.34 bits per heavy atom. The second kappa shape index (κ2) is 9.18. The molecule has 1 amide bonds. The minimum absolute atomic E-state index is 0.142. The van der Waals surface area contributed by atoms with Crippen LogP contribution < -0.4 is 5.32 Å². The van der Waals surface area contributed by atoms with Crippen LogP contribution in [0.2, 0.25) is 0 Å². The number of para-hydroxylation sites is 1. The third kappa shape index (κ3) is 5.61. The van der Waals surface area contributed by atoms with Crippen LogP contribution in [0.15, 0.2) is 47.6 Å². The van der Waals surface area contributed by atoms with Gasteiger partial charge in [0.05, 0.1) is 17.0 Å². The molecule has 1 spiro atoms. The van der Waals surface area contributed by atoms with Gasteiger partial charge in [-0.2, -0.15) is 13.2 Å². The lowest BCUT2D eigenvalue weighted by atomic mass is 9.84. The van der Waals surface area contributed by atoms with E-state index in [0.717, 1.165) is 28.9 Å². The number of carbonyl (C=O) groups is 1. The van der Waals surface area contributed by atoms with Gasteiger partial charge in [0.25, 0.3) is 0 Å². The molecule has 1 saturated heterocycles. The molecule has 2 aliphatic rings. The molecule has 0 unspecified atom stereocenters. The summed E-state index contributed by atoms with van der Waals surface area (Å²) in [5, 5.41) is 8.66. The Hall–Kier alpha value is -3.07. The van der Waals surface area contributed by atoms with E-state index in [9.17, 15) is 18.0 Å². The molecule has 0 bridgehead atoms. The van der Waals surface area contributed by atoms with Crippen molar-refractivity contribution in [1.82, 2.24) is 5.06 Å². The maximum absolute atomic E-state index is 12.8. The predicted octanol–water partition coefficient (Wildman–Crippen LogP) is 6.43. The highest BCUT2D eigenvalue weighted by Gasteiger charge is 2.43. The van der Waals surface area contributed by atoms with Gasteiger partial charge in [-0.25, -0.2) is 4.79 Å². The summed E-state index contributed by atoms with van der Waals surface area (Å²) >= 11 is 0. The van der Waals surface area contributed by atoms with Gasteiger partial charge in [-0.3, -0.25) is 5.32 Å². The number of nitrogens with one attached hydrogen (secondary N) is 1. The SMILES string of the molecule is Cc1cccc(C(C)(C)C)c1NC(=O)ON1CCC2(CC1)CC(c1ccc(C(F)(F)F)cc1)=NO2. The first kappa shape index (κ1) is 25.0. The molecule has 2 heterocycles. The van der Waals surface area contributed by atoms with Crippen molar-refractivity contribution in [3.05, 3.63) is 64.7 Å². The van der Waals surface area contributed by atoms with Gasteiger partial charge in [-0.15, -0.1) is 5.06 Å². The Balaban J connectivity index is 1.32. The summed E-state index contributed by atoms with van der Waals surface area (Å²) in [6, 6.07) is 10.9. The molecule has 188 valence electrons. The van der Waals surface area contributed by atoms with Crippen LogP contribution in [0.4, 0.5) is 23.7 Å². The fourth-order valence-electron chi connectivity index (χ4n) is 4.48. The average Bonchev–Trinajstić information content (AvgIpc) is 3.19. The monoisotopic (exact) mass is 489 g/mol. The summed E-state index contributed by atoms with van der Waals surface area (Å²) in [6.45, 7) is 9.13. The van der Waals surface area contributed by atoms with Crippen LogP contribution in [0.1, 0.15) is 62.3 Å². The topological polar surface area (TPSA) is 63.2 Å². The maximum Gasteiger partial charge on any atom is 0.430 e. The molecular weight excluding hydrogens is 459 g/mol. The molecule has 2 aliphatic heterocycles. The van der Waals surface area contributed by atoms with E-state index in [0.29, 0.717) is 43.6 Å². The van der Waals surface area contributed by atoms with Crippen molar-refractivity contribution in [2.45, 2.75) is 64.1 Å². The molecular formula is C26H30F3N3O3. The van der Waals surface area contributed by atoms with Gasteiger partial charge in [0.15, 0.2) is 0 Å². The smallest absolute Gasteiger partial charge is 0.388 e. The number of carbonyl (C=O) groups excluding carboxylic acids is 1. The standard InChI is InChI=1S/C26H30F3N3O3/c1-17-6-5-7-20(24(2,3)4)22(17)30-23(33)34-32-14-12-25(13-15-32)16-21(31-35-25)18-8-10-19(11-9-18)26(27,28)29/h5-11H,12-16H2,1-4H3,(H,30,33). The first-order chi connectivity index (χ1) is 16.4. The maximum atomic E-state index is 12.8. The first-order valence-corrected chi connectivity index (χ1v) is 11.6. The van der Waals surface area contributed by atoms with Gasteiger partial charge in [-0.05, 0) is 41.2 Å². The van der Waals surface area contributed by atoms with Gasteiger partial charge in [-0.1, -0.05) is 56.3 Å². The molecule has 2 aromatic carbocycles. The third-order valence-electron chi connectivity index (χ3n) is 6.54. The molecule has 6 nitrogen and oxygen atoms in total. The molecule has 0 atom stereocenters. The fraction of sp³-hybridized carbons (Fsp3) is 0.462. The Labute approximate surface area is 203 Å². The lowest BCUT2D eigenvalue weighted by Crippen LogP contribution is -2.45. The molecule has 0 saturated carbocycles. The number of hydroxylamine groups is 2. The molecule has 1 N–H and O–H groups in total. The quantitative estimate of drug-likeness (QED) is 0.539. The van der Waals surface area contributed by atoms with Crippen molar-refractivity contribution in [2.24, 2.45) is 5.16 Å². The van der Waals surface area contributed by atoms with E-state index in [1.807, 2.05) is 25.1 Å². The number of amides is 1. The summed E-state index contributed by atoms with van der Waals surface area (Å²) in [6.07, 6.45) is -3.27. The third-order valence-corrected chi connectivity index (χ3v) is 6.54. The van der Waals surface area contributed by atoms with Gasteiger partial charge >= 0.3 is 12.3 Å². The number of alkyl halides is 3. The van der Waals surface area contributed by atoms with Crippen molar-refractivity contribution >= 4 is 17.5 Å². The molecule has 0 radical (unpaired) electrons. The van der Waals surface area contributed by atoms with E-state index in [-0.39, 0.29) is 5.41 Å². The van der Waals surface area contributed by atoms with Gasteiger partial charge in [0, 0.05) is 32.4 Å². The lowest BCUT2D eigenvalue weighted by Gasteiger charge is -2.35. The van der Waals surface area contributed by atoms with Crippen molar-refractivity contribution in [3.8, 4) is 0 Å². The second-order valence-electron chi connectivity index (χ2n) is 10.2. The van der Waals surface area contributed by atoms with E-state index < -0.39 is 23.4 Å². The van der Waals surface area contributed by atoms with E-state index in [1.54, 1.807) is 5.06 Å². The van der Waals surface area contributed by atoms with E-state index in [2.05, 4.69) is 31.2 Å². The Kier molecular flexibility index (Phi) is 6.57. The molecule has 4 rings (SSSR count). The number of hydrogen-bond acceptors (Lipinski definition) is 5. The Morgan fingerprint density at radius 1 is 1.09 bits per heavy atom. The lowest BCUT2D eigenvalue weighted by molar-refractivity contribution is -0.154. The Bertz CT molecular complexity index is 1110. The molecule has 1 fully saturated rings. The highest BCUT2D eigenvalue weighted by Crippen LogP contribution is 2.37. The first-order valence-electron chi connectivity index (χ1n) is 11.6. The van der Waals surface area contributed by atoms with E-state index >= 15 is 0 Å². The zero-order valence-electron chi connectivity index (χ0n) is 20.3. The molecule has 35 heavy (non-hydrogen) atoms. The second-order valence-corrected chi connectivity index (χ2v) is 10.2. The normalized spacial score (nSPS) is 18.2. The van der Waals surface area contributed by atoms with Crippen LogP contribution in [-0.2, 0) is 21.3 Å². The summed E-state index contributed by atoms with van der Waals surface area (Å²) in [7, 11) is 0. The van der Waals surface area contributed by atoms with Gasteiger partial charge in [0.2, 0.25) is 0 Å². The molecule has 2 aromatic rings. The van der Waals surface area contributed by atoms with Crippen molar-refractivity contribution in [1.29, 1.82) is 0 Å². The Morgan fingerprint density at radius 2 is 1.74 bits per heavy atom. The minimum atomic E-state index is -4.37. The zero-order valence-corrected chi connectivity index (χ0v) is 20.3. The largest absolute Gasteiger partial charge is 0.430 e. The number of halogens is 3. The van der Waals surface area contributed by atoms with Gasteiger partial charge < -0.3 is 9.68 Å². The van der Waals surface area contributed by atoms with Crippen LogP contribution >= 0.6 is 0 Å². The van der Waals surface area contributed by atoms with Crippen LogP contribution in [0.5, 0.6) is 0 Å². The van der Waals surface area contributed by atoms with Gasteiger partial charge in [0.1, 0.15) is 5.60 Å². The van der Waals surface area contributed by atoms with Crippen molar-refractivity contribution in [3.63, 3.8) is 0 Å². The number of oxime groups is 1. The summed E-state index contributed by atoms with van der Waals surface area (Å²) < 4.78 is 38.5. The number of nitrogens with zero attached hydrogens (tertiary/aromatic N) is 2. The predicted molar refractivity (Wildman–Crippen MR) is 127 cm³/mol. The van der Waals surface area contributed by atoms with Crippen LogP contribution in [0, 0.1) is 6.92 Å². The van der Waals surface area contributed by atoms with Crippen molar-refractivity contribution in [2.75, 3.05) is 18.4 Å². The number of piperidine rings is 1. The minimum Gasteiger partial charge on any atom is -0.388 e. The van der Waals surface area contributed by atoms with Crippen LogP contribution in [0.25, 0.3) is 0 Å². The van der Waals surface area contributed by atoms with E-state index in [1.165, 1.54) is 12.1 Å². The number of aryl methyl sites for hydroxylation is 1. The highest BCUT2D eigenvalue weighted by molar-refractivity contribution is 6.01. The summed E-state index contributed by atoms with van der Waals surface area (Å²) in [5.74, 6) is 0. The zero-order chi connectivity index (χ0) is 25.4. The fourth-order valence-corrected chi connectivity index (χ4v) is 4.48. The number of benzene rings is 2. The van der Waals surface area contributed by atoms with Crippen LogP contribution in [0.3, 0.4) is 0 Å². The summed E-state index contributed by atoms with van der Waals surface area (Å²) in [4.78, 5) is 24.0. The number of anilines is 1. The summed E-state index contributed by atoms with van der Waals surface area (Å²) in [5.41, 5.74) is 2.60. The highest BCUT2D eigenvalue weighted by atomic mass is 19.4. The molecule has 9 heteroatoms. The van der Waals surface area contributed by atoms with E-state index in [4.69, 9.17) is 9.68 Å². The molecule has 0 aromatic heterocycles. The number of hydrogen-bond donors (Lipinski definition) is 1. The number of rotatable bonds is 3. The van der Waals surface area contributed by atoms with Crippen LogP contribution in [-0.4, -0.2) is 35.6 Å². The average molecular weight is 490 g/mol. The van der Waals surface area contributed by atoms with Crippen molar-refractivity contribution < 1.29 is 27.6 Å².